The van der Waals surface area contributed by atoms with Crippen LogP contribution in [-0.4, -0.2) is 28.9 Å². The molecule has 1 amide bonds. The highest BCUT2D eigenvalue weighted by molar-refractivity contribution is 5.87. The predicted octanol–water partition coefficient (Wildman–Crippen LogP) is 2.78. The molecular formula is C15H21NO3. The molecule has 1 atom stereocenters. The summed E-state index contributed by atoms with van der Waals surface area (Å²) in [5, 5.41) is 8.81. The zero-order chi connectivity index (χ0) is 14.4. The van der Waals surface area contributed by atoms with E-state index in [0.29, 0.717) is 6.54 Å². The second-order valence-electron chi connectivity index (χ2n) is 4.89. The number of rotatable bonds is 6. The number of aromatic carboxylic acids is 1. The van der Waals surface area contributed by atoms with Crippen molar-refractivity contribution in [1.82, 2.24) is 4.90 Å². The first kappa shape index (κ1) is 15.2. The van der Waals surface area contributed by atoms with Crippen molar-refractivity contribution in [3.63, 3.8) is 0 Å². The molecule has 1 N–H and O–H groups in total. The van der Waals surface area contributed by atoms with Crippen molar-refractivity contribution >= 4 is 11.9 Å². The maximum atomic E-state index is 12.0. The van der Waals surface area contributed by atoms with Crippen LogP contribution in [0.15, 0.2) is 24.3 Å². The van der Waals surface area contributed by atoms with Crippen LogP contribution in [0.5, 0.6) is 0 Å². The van der Waals surface area contributed by atoms with Crippen LogP contribution in [0.1, 0.15) is 42.6 Å². The fourth-order valence-electron chi connectivity index (χ4n) is 2.04. The lowest BCUT2D eigenvalue weighted by Gasteiger charge is -2.21. The molecule has 1 rings (SSSR count). The first-order valence-electron chi connectivity index (χ1n) is 6.53. The van der Waals surface area contributed by atoms with E-state index >= 15 is 0 Å². The lowest BCUT2D eigenvalue weighted by atomic mass is 10.0. The molecule has 0 spiro atoms. The van der Waals surface area contributed by atoms with E-state index in [-0.39, 0.29) is 17.4 Å². The highest BCUT2D eigenvalue weighted by Crippen LogP contribution is 2.12. The Morgan fingerprint density at radius 3 is 2.32 bits per heavy atom. The smallest absolute Gasteiger partial charge is 0.335 e. The van der Waals surface area contributed by atoms with Gasteiger partial charge >= 0.3 is 5.97 Å². The largest absolute Gasteiger partial charge is 0.478 e. The second kappa shape index (κ2) is 6.92. The number of hydrogen-bond donors (Lipinski definition) is 1. The van der Waals surface area contributed by atoms with Gasteiger partial charge in [-0.2, -0.15) is 0 Å². The third-order valence-corrected chi connectivity index (χ3v) is 3.14. The van der Waals surface area contributed by atoms with E-state index in [0.717, 1.165) is 18.4 Å². The number of benzene rings is 1. The van der Waals surface area contributed by atoms with Crippen LogP contribution in [0.2, 0.25) is 0 Å². The average molecular weight is 263 g/mol. The van der Waals surface area contributed by atoms with Crippen LogP contribution in [-0.2, 0) is 11.3 Å². The predicted molar refractivity (Wildman–Crippen MR) is 73.9 cm³/mol. The molecule has 0 aliphatic heterocycles. The van der Waals surface area contributed by atoms with Gasteiger partial charge in [0.15, 0.2) is 0 Å². The number of hydrogen-bond acceptors (Lipinski definition) is 2. The Kier molecular flexibility index (Phi) is 5.55. The summed E-state index contributed by atoms with van der Waals surface area (Å²) in [4.78, 5) is 24.5. The summed E-state index contributed by atoms with van der Waals surface area (Å²) in [5.74, 6) is -0.773. The van der Waals surface area contributed by atoms with E-state index < -0.39 is 5.97 Å². The number of carbonyl (C=O) groups is 2. The van der Waals surface area contributed by atoms with Crippen LogP contribution >= 0.6 is 0 Å². The summed E-state index contributed by atoms with van der Waals surface area (Å²) >= 11 is 0. The molecule has 19 heavy (non-hydrogen) atoms. The Morgan fingerprint density at radius 2 is 1.84 bits per heavy atom. The molecule has 0 aliphatic rings. The Morgan fingerprint density at radius 1 is 1.26 bits per heavy atom. The van der Waals surface area contributed by atoms with Gasteiger partial charge in [-0.1, -0.05) is 32.4 Å². The summed E-state index contributed by atoms with van der Waals surface area (Å²) in [6.45, 7) is 4.51. The van der Waals surface area contributed by atoms with Gasteiger partial charge in [0.1, 0.15) is 0 Å². The zero-order valence-corrected chi connectivity index (χ0v) is 11.7. The molecule has 1 aromatic carbocycles. The first-order chi connectivity index (χ1) is 8.95. The van der Waals surface area contributed by atoms with Crippen molar-refractivity contribution < 1.29 is 14.7 Å². The molecule has 0 aliphatic carbocycles. The molecule has 0 saturated heterocycles. The Labute approximate surface area is 114 Å². The van der Waals surface area contributed by atoms with Gasteiger partial charge in [0, 0.05) is 19.5 Å². The number of carboxylic acids is 1. The number of carboxylic acid groups (broad SMARTS) is 1. The second-order valence-corrected chi connectivity index (χ2v) is 4.89. The van der Waals surface area contributed by atoms with Crippen molar-refractivity contribution in [2.24, 2.45) is 5.92 Å². The third kappa shape index (κ3) is 4.39. The van der Waals surface area contributed by atoms with Crippen LogP contribution in [0.25, 0.3) is 0 Å². The molecule has 0 heterocycles. The van der Waals surface area contributed by atoms with E-state index in [4.69, 9.17) is 5.11 Å². The number of nitrogens with zero attached hydrogens (tertiary/aromatic N) is 1. The number of carbonyl (C=O) groups excluding carboxylic acids is 1. The lowest BCUT2D eigenvalue weighted by molar-refractivity contribution is -0.134. The SMILES string of the molecule is CCC[C@H](C)C(=O)N(C)Cc1ccc(C(=O)O)cc1. The molecule has 0 unspecified atom stereocenters. The lowest BCUT2D eigenvalue weighted by Crippen LogP contribution is -2.31. The van der Waals surface area contributed by atoms with Gasteiger partial charge in [-0.25, -0.2) is 4.79 Å². The minimum Gasteiger partial charge on any atom is -0.478 e. The molecule has 4 nitrogen and oxygen atoms in total. The molecule has 0 aromatic heterocycles. The molecule has 0 fully saturated rings. The molecule has 4 heteroatoms. The van der Waals surface area contributed by atoms with Crippen LogP contribution in [0, 0.1) is 5.92 Å². The monoisotopic (exact) mass is 263 g/mol. The fourth-order valence-corrected chi connectivity index (χ4v) is 2.04. The van der Waals surface area contributed by atoms with Gasteiger partial charge in [0.05, 0.1) is 5.56 Å². The van der Waals surface area contributed by atoms with Crippen LogP contribution in [0.4, 0.5) is 0 Å². The summed E-state index contributed by atoms with van der Waals surface area (Å²) in [5.41, 5.74) is 1.20. The maximum Gasteiger partial charge on any atom is 0.335 e. The van der Waals surface area contributed by atoms with Crippen molar-refractivity contribution in [2.75, 3.05) is 7.05 Å². The summed E-state index contributed by atoms with van der Waals surface area (Å²) in [7, 11) is 1.78. The minimum absolute atomic E-state index is 0.0355. The zero-order valence-electron chi connectivity index (χ0n) is 11.7. The molecule has 0 saturated carbocycles. The Balaban J connectivity index is 2.63. The summed E-state index contributed by atoms with van der Waals surface area (Å²) in [6, 6.07) is 6.62. The van der Waals surface area contributed by atoms with Gasteiger partial charge in [-0.05, 0) is 24.1 Å². The van der Waals surface area contributed by atoms with E-state index in [1.807, 2.05) is 6.92 Å². The Bertz CT molecular complexity index is 439. The van der Waals surface area contributed by atoms with Crippen molar-refractivity contribution in [1.29, 1.82) is 0 Å². The van der Waals surface area contributed by atoms with Crippen molar-refractivity contribution in [3.05, 3.63) is 35.4 Å². The highest BCUT2D eigenvalue weighted by Gasteiger charge is 2.16. The average Bonchev–Trinajstić information content (AvgIpc) is 2.38. The number of amides is 1. The van der Waals surface area contributed by atoms with E-state index in [1.54, 1.807) is 36.2 Å². The normalized spacial score (nSPS) is 11.9. The molecule has 104 valence electrons. The van der Waals surface area contributed by atoms with Crippen LogP contribution < -0.4 is 0 Å². The van der Waals surface area contributed by atoms with Gasteiger partial charge in [0.25, 0.3) is 0 Å². The maximum absolute atomic E-state index is 12.0. The topological polar surface area (TPSA) is 57.6 Å². The van der Waals surface area contributed by atoms with Crippen LogP contribution in [0.3, 0.4) is 0 Å². The molecule has 1 aromatic rings. The quantitative estimate of drug-likeness (QED) is 0.858. The fraction of sp³-hybridized carbons (Fsp3) is 0.467. The first-order valence-corrected chi connectivity index (χ1v) is 6.53. The van der Waals surface area contributed by atoms with Gasteiger partial charge in [0.2, 0.25) is 5.91 Å². The van der Waals surface area contributed by atoms with E-state index in [1.165, 1.54) is 0 Å². The summed E-state index contributed by atoms with van der Waals surface area (Å²) in [6.07, 6.45) is 1.88. The standard InChI is InChI=1S/C15H21NO3/c1-4-5-11(2)14(17)16(3)10-12-6-8-13(9-7-12)15(18)19/h6-9,11H,4-5,10H2,1-3H3,(H,18,19)/t11-/m0/s1. The Hall–Kier alpha value is -1.84. The minimum atomic E-state index is -0.937. The van der Waals surface area contributed by atoms with Crippen molar-refractivity contribution in [2.45, 2.75) is 33.2 Å². The summed E-state index contributed by atoms with van der Waals surface area (Å²) < 4.78 is 0. The van der Waals surface area contributed by atoms with Crippen molar-refractivity contribution in [3.8, 4) is 0 Å². The van der Waals surface area contributed by atoms with Gasteiger partial charge in [-0.15, -0.1) is 0 Å². The van der Waals surface area contributed by atoms with Gasteiger partial charge < -0.3 is 10.0 Å². The van der Waals surface area contributed by atoms with E-state index in [9.17, 15) is 9.59 Å². The molecule has 0 bridgehead atoms. The highest BCUT2D eigenvalue weighted by atomic mass is 16.4. The third-order valence-electron chi connectivity index (χ3n) is 3.14. The van der Waals surface area contributed by atoms with Gasteiger partial charge in [-0.3, -0.25) is 4.79 Å². The molecular weight excluding hydrogens is 242 g/mol. The van der Waals surface area contributed by atoms with E-state index in [2.05, 4.69) is 6.92 Å². The molecule has 0 radical (unpaired) electrons.